The summed E-state index contributed by atoms with van der Waals surface area (Å²) in [7, 11) is 0. The van der Waals surface area contributed by atoms with E-state index < -0.39 is 0 Å². The molecule has 1 N–H and O–H groups in total. The van der Waals surface area contributed by atoms with Crippen LogP contribution in [0.4, 0.5) is 0 Å². The number of hydrogen-bond acceptors (Lipinski definition) is 3. The monoisotopic (exact) mass is 253 g/mol. The summed E-state index contributed by atoms with van der Waals surface area (Å²) in [5, 5.41) is 8.04. The number of rotatable bonds is 5. The first-order chi connectivity index (χ1) is 8.16. The summed E-state index contributed by atoms with van der Waals surface area (Å²) in [5.41, 5.74) is 0. The number of nitrogens with one attached hydrogen (secondary N) is 1. The average Bonchev–Trinajstić information content (AvgIpc) is 2.95. The Morgan fingerprint density at radius 2 is 2.29 bits per heavy atom. The van der Waals surface area contributed by atoms with Crippen LogP contribution in [0.1, 0.15) is 25.6 Å². The smallest absolute Gasteiger partial charge is 0.193 e. The van der Waals surface area contributed by atoms with Gasteiger partial charge in [-0.1, -0.05) is 0 Å². The van der Waals surface area contributed by atoms with Crippen molar-refractivity contribution in [1.82, 2.24) is 15.1 Å². The molecule has 0 radical (unpaired) electrons. The number of aromatic nitrogens is 2. The second kappa shape index (κ2) is 5.38. The van der Waals surface area contributed by atoms with Gasteiger partial charge in [-0.15, -0.1) is 0 Å². The highest BCUT2D eigenvalue weighted by Gasteiger charge is 2.14. The summed E-state index contributed by atoms with van der Waals surface area (Å²) in [6, 6.07) is 6.13. The van der Waals surface area contributed by atoms with Gasteiger partial charge in [0.1, 0.15) is 5.76 Å². The van der Waals surface area contributed by atoms with Crippen LogP contribution in [-0.4, -0.2) is 15.8 Å². The normalized spacial score (nSPS) is 14.8. The van der Waals surface area contributed by atoms with Gasteiger partial charge in [0.2, 0.25) is 0 Å². The van der Waals surface area contributed by atoms with Crippen LogP contribution in [0, 0.1) is 0 Å². The Hall–Kier alpha value is -1.26. The zero-order valence-electron chi connectivity index (χ0n) is 9.93. The lowest BCUT2D eigenvalue weighted by atomic mass is 10.2. The van der Waals surface area contributed by atoms with Crippen molar-refractivity contribution in [1.29, 1.82) is 0 Å². The molecule has 17 heavy (non-hydrogen) atoms. The maximum absolute atomic E-state index is 5.71. The predicted molar refractivity (Wildman–Crippen MR) is 67.0 cm³/mol. The minimum atomic E-state index is 0.287. The number of nitrogens with zero attached hydrogens (tertiary/aromatic N) is 2. The first-order valence-corrected chi connectivity index (χ1v) is 6.01. The third kappa shape index (κ3) is 3.11. The molecule has 0 saturated heterocycles. The third-order valence-electron chi connectivity index (χ3n) is 2.89. The molecule has 0 aliphatic carbocycles. The van der Waals surface area contributed by atoms with Crippen LogP contribution in [-0.2, 0) is 6.54 Å². The Labute approximate surface area is 106 Å². The maximum Gasteiger partial charge on any atom is 0.193 e. The van der Waals surface area contributed by atoms with Gasteiger partial charge in [-0.25, -0.2) is 0 Å². The van der Waals surface area contributed by atoms with Crippen molar-refractivity contribution < 1.29 is 4.42 Å². The van der Waals surface area contributed by atoms with Crippen molar-refractivity contribution in [3.05, 3.63) is 41.6 Å². The van der Waals surface area contributed by atoms with E-state index in [1.165, 1.54) is 0 Å². The highest BCUT2D eigenvalue weighted by atomic mass is 35.5. The fourth-order valence-electron chi connectivity index (χ4n) is 1.63. The van der Waals surface area contributed by atoms with Crippen molar-refractivity contribution in [3.63, 3.8) is 0 Å². The van der Waals surface area contributed by atoms with Crippen LogP contribution in [0.3, 0.4) is 0 Å². The lowest BCUT2D eigenvalue weighted by Gasteiger charge is -2.21. The van der Waals surface area contributed by atoms with Gasteiger partial charge in [-0.3, -0.25) is 4.68 Å². The summed E-state index contributed by atoms with van der Waals surface area (Å²) in [6.45, 7) is 4.91. The molecule has 0 fully saturated rings. The van der Waals surface area contributed by atoms with Gasteiger partial charge in [0.15, 0.2) is 5.22 Å². The van der Waals surface area contributed by atoms with E-state index in [9.17, 15) is 0 Å². The quantitative estimate of drug-likeness (QED) is 0.891. The summed E-state index contributed by atoms with van der Waals surface area (Å²) in [6.07, 6.45) is 3.75. The third-order valence-corrected chi connectivity index (χ3v) is 3.10. The largest absolute Gasteiger partial charge is 0.448 e. The molecule has 0 unspecified atom stereocenters. The van der Waals surface area contributed by atoms with Crippen molar-refractivity contribution in [3.8, 4) is 0 Å². The van der Waals surface area contributed by atoms with Crippen LogP contribution >= 0.6 is 11.6 Å². The molecule has 5 heteroatoms. The lowest BCUT2D eigenvalue weighted by molar-refractivity contribution is 0.351. The van der Waals surface area contributed by atoms with Crippen molar-refractivity contribution in [2.24, 2.45) is 0 Å². The van der Waals surface area contributed by atoms with Gasteiger partial charge in [0.25, 0.3) is 0 Å². The fourth-order valence-corrected chi connectivity index (χ4v) is 1.79. The van der Waals surface area contributed by atoms with E-state index in [2.05, 4.69) is 24.3 Å². The zero-order valence-corrected chi connectivity index (χ0v) is 10.7. The highest BCUT2D eigenvalue weighted by molar-refractivity contribution is 6.28. The van der Waals surface area contributed by atoms with E-state index in [0.717, 1.165) is 5.76 Å². The minimum absolute atomic E-state index is 0.287. The van der Waals surface area contributed by atoms with Gasteiger partial charge < -0.3 is 9.73 Å². The Balaban J connectivity index is 1.87. The molecule has 2 aromatic rings. The molecular formula is C12H16ClN3O. The topological polar surface area (TPSA) is 43.0 Å². The molecule has 0 aliphatic rings. The maximum atomic E-state index is 5.71. The Morgan fingerprint density at radius 1 is 1.47 bits per heavy atom. The highest BCUT2D eigenvalue weighted by Crippen LogP contribution is 2.14. The van der Waals surface area contributed by atoms with Crippen molar-refractivity contribution in [2.75, 3.05) is 0 Å². The van der Waals surface area contributed by atoms with Crippen molar-refractivity contribution >= 4 is 11.6 Å². The predicted octanol–water partition coefficient (Wildman–Crippen LogP) is 2.87. The SMILES string of the molecule is C[C@H](NCc1ccc(Cl)o1)[C@H](C)n1cccn1. The number of halogens is 1. The van der Waals surface area contributed by atoms with E-state index in [-0.39, 0.29) is 6.04 Å². The first-order valence-electron chi connectivity index (χ1n) is 5.63. The first kappa shape index (κ1) is 12.2. The summed E-state index contributed by atoms with van der Waals surface area (Å²) < 4.78 is 7.22. The molecule has 0 spiro atoms. The van der Waals surface area contributed by atoms with Crippen LogP contribution < -0.4 is 5.32 Å². The second-order valence-electron chi connectivity index (χ2n) is 4.10. The van der Waals surface area contributed by atoms with Gasteiger partial charge in [-0.2, -0.15) is 5.10 Å². The van der Waals surface area contributed by atoms with Gasteiger partial charge in [-0.05, 0) is 43.6 Å². The van der Waals surface area contributed by atoms with E-state index >= 15 is 0 Å². The van der Waals surface area contributed by atoms with Gasteiger partial charge >= 0.3 is 0 Å². The Kier molecular flexibility index (Phi) is 3.86. The molecule has 4 nitrogen and oxygen atoms in total. The average molecular weight is 254 g/mol. The minimum Gasteiger partial charge on any atom is -0.448 e. The summed E-state index contributed by atoms with van der Waals surface area (Å²) in [4.78, 5) is 0. The lowest BCUT2D eigenvalue weighted by Crippen LogP contribution is -2.33. The Morgan fingerprint density at radius 3 is 2.88 bits per heavy atom. The molecule has 2 heterocycles. The van der Waals surface area contributed by atoms with Crippen LogP contribution in [0.2, 0.25) is 5.22 Å². The summed E-state index contributed by atoms with van der Waals surface area (Å²) >= 11 is 5.71. The van der Waals surface area contributed by atoms with E-state index in [1.54, 1.807) is 12.3 Å². The fraction of sp³-hybridized carbons (Fsp3) is 0.417. The molecule has 2 rings (SSSR count). The standard InChI is InChI=1S/C12H16ClN3O/c1-9(10(2)16-7-3-6-15-16)14-8-11-4-5-12(13)17-11/h3-7,9-10,14H,8H2,1-2H3/t9-,10-/m0/s1. The number of hydrogen-bond donors (Lipinski definition) is 1. The van der Waals surface area contributed by atoms with Crippen LogP contribution in [0.5, 0.6) is 0 Å². The molecular weight excluding hydrogens is 238 g/mol. The Bertz CT molecular complexity index is 452. The van der Waals surface area contributed by atoms with Crippen molar-refractivity contribution in [2.45, 2.75) is 32.5 Å². The van der Waals surface area contributed by atoms with E-state index in [4.69, 9.17) is 16.0 Å². The molecule has 0 saturated carbocycles. The van der Waals surface area contributed by atoms with Crippen LogP contribution in [0.25, 0.3) is 0 Å². The molecule has 0 aromatic carbocycles. The molecule has 0 amide bonds. The van der Waals surface area contributed by atoms with E-state index in [0.29, 0.717) is 17.8 Å². The molecule has 2 atom stereocenters. The van der Waals surface area contributed by atoms with E-state index in [1.807, 2.05) is 23.0 Å². The van der Waals surface area contributed by atoms with Gasteiger partial charge in [0, 0.05) is 18.4 Å². The summed E-state index contributed by atoms with van der Waals surface area (Å²) in [5.74, 6) is 0.842. The van der Waals surface area contributed by atoms with Crippen LogP contribution in [0.15, 0.2) is 35.0 Å². The molecule has 0 aliphatic heterocycles. The van der Waals surface area contributed by atoms with Gasteiger partial charge in [0.05, 0.1) is 12.6 Å². The molecule has 92 valence electrons. The second-order valence-corrected chi connectivity index (χ2v) is 4.47. The molecule has 2 aromatic heterocycles. The molecule has 0 bridgehead atoms. The zero-order chi connectivity index (χ0) is 12.3. The number of furan rings is 1.